The predicted octanol–water partition coefficient (Wildman–Crippen LogP) is 3.42. The fraction of sp³-hybridized carbons (Fsp3) is 0.400. The highest BCUT2D eigenvalue weighted by Gasteiger charge is 2.08. The third kappa shape index (κ3) is 3.33. The molecule has 0 spiro atoms. The smallest absolute Gasteiger partial charge is 0.0671 e. The third-order valence-corrected chi connectivity index (χ3v) is 3.73. The lowest BCUT2D eigenvalue weighted by atomic mass is 10.2. The number of aromatic nitrogens is 2. The van der Waals surface area contributed by atoms with E-state index in [4.69, 9.17) is 0 Å². The molecule has 1 N–H and O–H groups in total. The monoisotopic (exact) mass is 336 g/mol. The first-order valence-electron chi connectivity index (χ1n) is 6.73. The maximum absolute atomic E-state index is 4.47. The lowest BCUT2D eigenvalue weighted by Crippen LogP contribution is -2.12. The maximum atomic E-state index is 4.47. The van der Waals surface area contributed by atoms with Crippen molar-refractivity contribution in [2.75, 3.05) is 24.3 Å². The third-order valence-electron chi connectivity index (χ3n) is 3.24. The van der Waals surface area contributed by atoms with E-state index in [0.29, 0.717) is 0 Å². The second-order valence-corrected chi connectivity index (χ2v) is 5.95. The Morgan fingerprint density at radius 1 is 1.35 bits per heavy atom. The van der Waals surface area contributed by atoms with Gasteiger partial charge in [-0.2, -0.15) is 5.10 Å². The van der Waals surface area contributed by atoms with Gasteiger partial charge in [0.2, 0.25) is 0 Å². The molecule has 5 heteroatoms. The number of rotatable bonds is 5. The molecule has 0 saturated carbocycles. The van der Waals surface area contributed by atoms with Crippen LogP contribution < -0.4 is 10.2 Å². The van der Waals surface area contributed by atoms with Gasteiger partial charge in [0, 0.05) is 43.9 Å². The summed E-state index contributed by atoms with van der Waals surface area (Å²) in [5.74, 6) is 0. The second kappa shape index (κ2) is 6.31. The topological polar surface area (TPSA) is 33.1 Å². The van der Waals surface area contributed by atoms with Crippen LogP contribution in [0.2, 0.25) is 0 Å². The van der Waals surface area contributed by atoms with Crippen LogP contribution in [0.25, 0.3) is 0 Å². The average molecular weight is 337 g/mol. The van der Waals surface area contributed by atoms with Crippen LogP contribution in [0.3, 0.4) is 0 Å². The van der Waals surface area contributed by atoms with Crippen LogP contribution in [-0.2, 0) is 20.0 Å². The van der Waals surface area contributed by atoms with Gasteiger partial charge >= 0.3 is 0 Å². The standard InChI is InChI=1S/C15H21BrN4/c1-5-13-11(10-20(4)18-13)9-17-14-8-12(16)6-7-15(14)19(2)3/h6-8,10,17H,5,9H2,1-4H3. The molecule has 4 nitrogen and oxygen atoms in total. The minimum absolute atomic E-state index is 0.786. The van der Waals surface area contributed by atoms with Crippen molar-refractivity contribution in [3.05, 3.63) is 40.1 Å². The first kappa shape index (κ1) is 14.9. The van der Waals surface area contributed by atoms with E-state index in [1.54, 1.807) is 0 Å². The lowest BCUT2D eigenvalue weighted by molar-refractivity contribution is 0.746. The number of benzene rings is 1. The van der Waals surface area contributed by atoms with Crippen molar-refractivity contribution in [1.82, 2.24) is 9.78 Å². The number of aryl methyl sites for hydroxylation is 2. The molecule has 0 aliphatic carbocycles. The zero-order valence-electron chi connectivity index (χ0n) is 12.4. The molecular formula is C15H21BrN4. The lowest BCUT2D eigenvalue weighted by Gasteiger charge is -2.19. The molecule has 0 radical (unpaired) electrons. The van der Waals surface area contributed by atoms with Gasteiger partial charge in [-0.15, -0.1) is 0 Å². The molecule has 0 fully saturated rings. The van der Waals surface area contributed by atoms with Gasteiger partial charge in [-0.05, 0) is 24.6 Å². The summed E-state index contributed by atoms with van der Waals surface area (Å²) in [6.45, 7) is 2.92. The summed E-state index contributed by atoms with van der Waals surface area (Å²) in [5, 5.41) is 7.99. The van der Waals surface area contributed by atoms with Gasteiger partial charge in [0.15, 0.2) is 0 Å². The highest BCUT2D eigenvalue weighted by molar-refractivity contribution is 9.10. The SMILES string of the molecule is CCc1nn(C)cc1CNc1cc(Br)ccc1N(C)C. The second-order valence-electron chi connectivity index (χ2n) is 5.04. The van der Waals surface area contributed by atoms with Crippen LogP contribution in [-0.4, -0.2) is 23.9 Å². The minimum Gasteiger partial charge on any atom is -0.379 e. The average Bonchev–Trinajstić information content (AvgIpc) is 2.76. The molecule has 0 bridgehead atoms. The summed E-state index contributed by atoms with van der Waals surface area (Å²) in [4.78, 5) is 2.11. The summed E-state index contributed by atoms with van der Waals surface area (Å²) in [5.41, 5.74) is 4.70. The van der Waals surface area contributed by atoms with E-state index in [-0.39, 0.29) is 0 Å². The van der Waals surface area contributed by atoms with Crippen molar-refractivity contribution in [3.63, 3.8) is 0 Å². The van der Waals surface area contributed by atoms with E-state index < -0.39 is 0 Å². The Hall–Kier alpha value is -1.49. The number of anilines is 2. The maximum Gasteiger partial charge on any atom is 0.0671 e. The molecule has 1 heterocycles. The van der Waals surface area contributed by atoms with Crippen molar-refractivity contribution in [2.24, 2.45) is 7.05 Å². The van der Waals surface area contributed by atoms with Crippen molar-refractivity contribution >= 4 is 27.3 Å². The highest BCUT2D eigenvalue weighted by atomic mass is 79.9. The molecule has 108 valence electrons. The summed E-state index contributed by atoms with van der Waals surface area (Å²) in [7, 11) is 6.07. The summed E-state index contributed by atoms with van der Waals surface area (Å²) in [6, 6.07) is 6.27. The summed E-state index contributed by atoms with van der Waals surface area (Å²) < 4.78 is 2.95. The Kier molecular flexibility index (Phi) is 4.70. The number of halogens is 1. The van der Waals surface area contributed by atoms with Crippen LogP contribution >= 0.6 is 15.9 Å². The molecule has 0 aliphatic rings. The van der Waals surface area contributed by atoms with Gasteiger partial charge in [0.25, 0.3) is 0 Å². The first-order chi connectivity index (χ1) is 9.51. The van der Waals surface area contributed by atoms with E-state index in [2.05, 4.69) is 76.7 Å². The van der Waals surface area contributed by atoms with Gasteiger partial charge in [0.05, 0.1) is 17.1 Å². The van der Waals surface area contributed by atoms with Gasteiger partial charge in [-0.1, -0.05) is 22.9 Å². The van der Waals surface area contributed by atoms with Crippen molar-refractivity contribution in [1.29, 1.82) is 0 Å². The molecule has 0 amide bonds. The molecule has 0 aliphatic heterocycles. The van der Waals surface area contributed by atoms with Crippen LogP contribution in [0.15, 0.2) is 28.9 Å². The first-order valence-corrected chi connectivity index (χ1v) is 7.52. The molecular weight excluding hydrogens is 316 g/mol. The van der Waals surface area contributed by atoms with Gasteiger partial charge in [-0.3, -0.25) is 4.68 Å². The fourth-order valence-corrected chi connectivity index (χ4v) is 2.62. The number of nitrogens with one attached hydrogen (secondary N) is 1. The van der Waals surface area contributed by atoms with Crippen LogP contribution in [0.1, 0.15) is 18.2 Å². The van der Waals surface area contributed by atoms with E-state index in [9.17, 15) is 0 Å². The number of hydrogen-bond acceptors (Lipinski definition) is 3. The molecule has 0 saturated heterocycles. The largest absolute Gasteiger partial charge is 0.379 e. The van der Waals surface area contributed by atoms with E-state index in [1.165, 1.54) is 11.3 Å². The van der Waals surface area contributed by atoms with Gasteiger partial charge in [-0.25, -0.2) is 0 Å². The summed E-state index contributed by atoms with van der Waals surface area (Å²) in [6.07, 6.45) is 3.04. The minimum atomic E-state index is 0.786. The van der Waals surface area contributed by atoms with Gasteiger partial charge < -0.3 is 10.2 Å². The van der Waals surface area contributed by atoms with Crippen LogP contribution in [0.4, 0.5) is 11.4 Å². The zero-order chi connectivity index (χ0) is 14.7. The Morgan fingerprint density at radius 2 is 2.10 bits per heavy atom. The molecule has 2 aromatic rings. The Balaban J connectivity index is 2.20. The van der Waals surface area contributed by atoms with Crippen molar-refractivity contribution in [2.45, 2.75) is 19.9 Å². The molecule has 0 atom stereocenters. The zero-order valence-corrected chi connectivity index (χ0v) is 14.0. The van der Waals surface area contributed by atoms with Crippen LogP contribution in [0, 0.1) is 0 Å². The molecule has 1 aromatic heterocycles. The molecule has 1 aromatic carbocycles. The normalized spacial score (nSPS) is 10.7. The molecule has 0 unspecified atom stereocenters. The van der Waals surface area contributed by atoms with Crippen LogP contribution in [0.5, 0.6) is 0 Å². The van der Waals surface area contributed by atoms with E-state index >= 15 is 0 Å². The number of hydrogen-bond donors (Lipinski definition) is 1. The Bertz CT molecular complexity index is 590. The van der Waals surface area contributed by atoms with Crippen molar-refractivity contribution < 1.29 is 0 Å². The summed E-state index contributed by atoms with van der Waals surface area (Å²) >= 11 is 3.53. The molecule has 20 heavy (non-hydrogen) atoms. The Labute approximate surface area is 128 Å². The number of nitrogens with zero attached hydrogens (tertiary/aromatic N) is 3. The molecule has 2 rings (SSSR count). The predicted molar refractivity (Wildman–Crippen MR) is 88.4 cm³/mol. The Morgan fingerprint density at radius 3 is 2.75 bits per heavy atom. The van der Waals surface area contributed by atoms with Gasteiger partial charge in [0.1, 0.15) is 0 Å². The fourth-order valence-electron chi connectivity index (χ4n) is 2.26. The quantitative estimate of drug-likeness (QED) is 0.908. The highest BCUT2D eigenvalue weighted by Crippen LogP contribution is 2.28. The van der Waals surface area contributed by atoms with E-state index in [1.807, 2.05) is 11.7 Å². The van der Waals surface area contributed by atoms with Crippen molar-refractivity contribution in [3.8, 4) is 0 Å². The van der Waals surface area contributed by atoms with E-state index in [0.717, 1.165) is 28.8 Å².